The molecule has 1 aliphatic carbocycles. The fraction of sp³-hybridized carbons (Fsp3) is 0.438. The average Bonchev–Trinajstić information content (AvgIpc) is 3.06. The van der Waals surface area contributed by atoms with Gasteiger partial charge in [-0.1, -0.05) is 23.2 Å². The highest BCUT2D eigenvalue weighted by molar-refractivity contribution is 7.89. The zero-order chi connectivity index (χ0) is 17.8. The van der Waals surface area contributed by atoms with Crippen LogP contribution in [0.4, 0.5) is 0 Å². The van der Waals surface area contributed by atoms with E-state index in [1.165, 1.54) is 24.3 Å². The van der Waals surface area contributed by atoms with Crippen LogP contribution < -0.4 is 4.74 Å². The van der Waals surface area contributed by atoms with Crippen LogP contribution in [0.25, 0.3) is 0 Å². The molecule has 0 unspecified atom stereocenters. The second-order valence-electron chi connectivity index (χ2n) is 5.48. The third-order valence-electron chi connectivity index (χ3n) is 4.03. The molecule has 2 N–H and O–H groups in total. The fourth-order valence-corrected chi connectivity index (χ4v) is 4.08. The number of carbonyl (C=O) groups is 1. The van der Waals surface area contributed by atoms with Crippen LogP contribution >= 0.6 is 0 Å². The van der Waals surface area contributed by atoms with Gasteiger partial charge in [0.15, 0.2) is 5.54 Å². The SMILES string of the molecule is CC#CCOc1ccc(S(=O)(=O)N(O)C2(C(=O)O)CCCC2)cc1. The number of hydrogen-bond acceptors (Lipinski definition) is 5. The lowest BCUT2D eigenvalue weighted by molar-refractivity contribution is -0.166. The molecule has 0 heterocycles. The van der Waals surface area contributed by atoms with Gasteiger partial charge in [0.25, 0.3) is 10.0 Å². The number of rotatable bonds is 6. The summed E-state index contributed by atoms with van der Waals surface area (Å²) in [7, 11) is -4.34. The maximum absolute atomic E-state index is 12.5. The molecule has 130 valence electrons. The third-order valence-corrected chi connectivity index (χ3v) is 5.70. The van der Waals surface area contributed by atoms with Gasteiger partial charge in [-0.05, 0) is 44.0 Å². The molecule has 2 rings (SSSR count). The highest BCUT2D eigenvalue weighted by atomic mass is 32.2. The van der Waals surface area contributed by atoms with Gasteiger partial charge in [0.2, 0.25) is 0 Å². The summed E-state index contributed by atoms with van der Waals surface area (Å²) in [5.74, 6) is 4.46. The Balaban J connectivity index is 2.25. The number of ether oxygens (including phenoxy) is 1. The predicted octanol–water partition coefficient (Wildman–Crippen LogP) is 1.87. The molecule has 1 aliphatic rings. The molecular formula is C16H19NO6S. The van der Waals surface area contributed by atoms with Gasteiger partial charge in [-0.15, -0.1) is 5.92 Å². The lowest BCUT2D eigenvalue weighted by Gasteiger charge is -2.31. The smallest absolute Gasteiger partial charge is 0.327 e. The topological polar surface area (TPSA) is 104 Å². The first-order valence-electron chi connectivity index (χ1n) is 7.45. The van der Waals surface area contributed by atoms with Crippen molar-refractivity contribution in [3.8, 4) is 17.6 Å². The number of carboxylic acids is 1. The van der Waals surface area contributed by atoms with E-state index in [0.29, 0.717) is 18.6 Å². The lowest BCUT2D eigenvalue weighted by atomic mass is 10.00. The second-order valence-corrected chi connectivity index (χ2v) is 7.25. The van der Waals surface area contributed by atoms with Gasteiger partial charge in [0.05, 0.1) is 4.90 Å². The van der Waals surface area contributed by atoms with Gasteiger partial charge in [0, 0.05) is 0 Å². The van der Waals surface area contributed by atoms with Crippen molar-refractivity contribution in [2.45, 2.75) is 43.0 Å². The number of benzene rings is 1. The Morgan fingerprint density at radius 3 is 2.38 bits per heavy atom. The van der Waals surface area contributed by atoms with Crippen molar-refractivity contribution < 1.29 is 28.3 Å². The van der Waals surface area contributed by atoms with Gasteiger partial charge < -0.3 is 9.84 Å². The Hall–Kier alpha value is -2.08. The minimum atomic E-state index is -4.34. The maximum Gasteiger partial charge on any atom is 0.327 e. The minimum absolute atomic E-state index is 0.00769. The summed E-state index contributed by atoms with van der Waals surface area (Å²) in [5.41, 5.74) is -1.80. The van der Waals surface area contributed by atoms with Gasteiger partial charge in [0.1, 0.15) is 12.4 Å². The van der Waals surface area contributed by atoms with Crippen molar-refractivity contribution in [2.24, 2.45) is 0 Å². The lowest BCUT2D eigenvalue weighted by Crippen LogP contribution is -2.53. The van der Waals surface area contributed by atoms with Gasteiger partial charge in [-0.3, -0.25) is 10.0 Å². The van der Waals surface area contributed by atoms with Crippen molar-refractivity contribution in [1.29, 1.82) is 0 Å². The van der Waals surface area contributed by atoms with Crippen LogP contribution in [0, 0.1) is 11.8 Å². The van der Waals surface area contributed by atoms with E-state index < -0.39 is 21.5 Å². The summed E-state index contributed by atoms with van der Waals surface area (Å²) in [6, 6.07) is 5.38. The molecule has 0 aliphatic heterocycles. The van der Waals surface area contributed by atoms with Crippen LogP contribution in [0.5, 0.6) is 5.75 Å². The highest BCUT2D eigenvalue weighted by Crippen LogP contribution is 2.37. The molecule has 24 heavy (non-hydrogen) atoms. The van der Waals surface area contributed by atoms with Gasteiger partial charge in [-0.2, -0.15) is 0 Å². The first kappa shape index (κ1) is 18.3. The maximum atomic E-state index is 12.5. The van der Waals surface area contributed by atoms with E-state index in [4.69, 9.17) is 4.74 Å². The van der Waals surface area contributed by atoms with Crippen LogP contribution in [-0.2, 0) is 14.8 Å². The van der Waals surface area contributed by atoms with E-state index in [-0.39, 0.29) is 28.8 Å². The van der Waals surface area contributed by atoms with E-state index >= 15 is 0 Å². The Bertz CT molecular complexity index is 754. The number of hydroxylamine groups is 1. The zero-order valence-electron chi connectivity index (χ0n) is 13.2. The molecule has 0 radical (unpaired) electrons. The van der Waals surface area contributed by atoms with Crippen LogP contribution in [-0.4, -0.2) is 41.3 Å². The molecule has 1 fully saturated rings. The Morgan fingerprint density at radius 1 is 1.29 bits per heavy atom. The number of nitrogens with zero attached hydrogens (tertiary/aromatic N) is 1. The number of aliphatic carboxylic acids is 1. The summed E-state index contributed by atoms with van der Waals surface area (Å²) in [5, 5.41) is 19.6. The van der Waals surface area contributed by atoms with Crippen molar-refractivity contribution in [2.75, 3.05) is 6.61 Å². The average molecular weight is 353 g/mol. The Kier molecular flexibility index (Phi) is 5.49. The van der Waals surface area contributed by atoms with Gasteiger partial charge in [-0.25, -0.2) is 8.42 Å². The van der Waals surface area contributed by atoms with Crippen LogP contribution in [0.1, 0.15) is 32.6 Å². The van der Waals surface area contributed by atoms with Crippen LogP contribution in [0.2, 0.25) is 0 Å². The molecule has 0 atom stereocenters. The summed E-state index contributed by atoms with van der Waals surface area (Å²) in [6.45, 7) is 1.85. The molecule has 8 heteroatoms. The molecule has 1 aromatic carbocycles. The summed E-state index contributed by atoms with van der Waals surface area (Å²) in [4.78, 5) is 11.3. The monoisotopic (exact) mass is 353 g/mol. The summed E-state index contributed by atoms with van der Waals surface area (Å²) in [6.07, 6.45) is 1.25. The quantitative estimate of drug-likeness (QED) is 0.598. The van der Waals surface area contributed by atoms with Crippen molar-refractivity contribution in [3.63, 3.8) is 0 Å². The predicted molar refractivity (Wildman–Crippen MR) is 85.0 cm³/mol. The normalized spacial score (nSPS) is 16.5. The number of carboxylic acid groups (broad SMARTS) is 1. The summed E-state index contributed by atoms with van der Waals surface area (Å²) < 4.78 is 30.4. The van der Waals surface area contributed by atoms with Crippen LogP contribution in [0.3, 0.4) is 0 Å². The standard InChI is InChI=1S/C16H19NO6S/c1-2-3-12-23-13-6-8-14(9-7-13)24(21,22)17(20)16(15(18)19)10-4-5-11-16/h6-9,20H,4-5,10-12H2,1H3,(H,18,19). The molecule has 7 nitrogen and oxygen atoms in total. The van der Waals surface area contributed by atoms with E-state index in [0.717, 1.165) is 0 Å². The highest BCUT2D eigenvalue weighted by Gasteiger charge is 2.52. The van der Waals surface area contributed by atoms with Crippen LogP contribution in [0.15, 0.2) is 29.2 Å². The van der Waals surface area contributed by atoms with E-state index in [1.807, 2.05) is 0 Å². The number of sulfonamides is 1. The summed E-state index contributed by atoms with van der Waals surface area (Å²) >= 11 is 0. The largest absolute Gasteiger partial charge is 0.481 e. The fourth-order valence-electron chi connectivity index (χ4n) is 2.68. The van der Waals surface area contributed by atoms with Crippen molar-refractivity contribution in [1.82, 2.24) is 4.47 Å². The van der Waals surface area contributed by atoms with Crippen molar-refractivity contribution >= 4 is 16.0 Å². The molecule has 1 aromatic rings. The Morgan fingerprint density at radius 2 is 1.88 bits per heavy atom. The zero-order valence-corrected chi connectivity index (χ0v) is 14.0. The minimum Gasteiger partial charge on any atom is -0.481 e. The third kappa shape index (κ3) is 3.38. The molecule has 1 saturated carbocycles. The molecular weight excluding hydrogens is 334 g/mol. The molecule has 0 saturated heterocycles. The first-order chi connectivity index (χ1) is 11.3. The van der Waals surface area contributed by atoms with E-state index in [2.05, 4.69) is 11.8 Å². The van der Waals surface area contributed by atoms with Gasteiger partial charge >= 0.3 is 5.97 Å². The molecule has 0 bridgehead atoms. The first-order valence-corrected chi connectivity index (χ1v) is 8.89. The molecule has 0 aromatic heterocycles. The Labute approximate surface area is 140 Å². The number of hydrogen-bond donors (Lipinski definition) is 2. The van der Waals surface area contributed by atoms with E-state index in [9.17, 15) is 23.5 Å². The van der Waals surface area contributed by atoms with Crippen molar-refractivity contribution in [3.05, 3.63) is 24.3 Å². The van der Waals surface area contributed by atoms with E-state index in [1.54, 1.807) is 6.92 Å². The molecule has 0 amide bonds. The second kappa shape index (κ2) is 7.21. The molecule has 0 spiro atoms.